The smallest absolute Gasteiger partial charge is 0.319 e. The van der Waals surface area contributed by atoms with Gasteiger partial charge in [-0.25, -0.2) is 4.79 Å². The molecule has 0 aliphatic carbocycles. The van der Waals surface area contributed by atoms with E-state index in [1.165, 1.54) is 4.88 Å². The Balaban J connectivity index is 1.80. The zero-order chi connectivity index (χ0) is 15.9. The molecular weight excluding hydrogens is 316 g/mol. The first-order chi connectivity index (χ1) is 10.5. The Hall–Kier alpha value is -1.66. The van der Waals surface area contributed by atoms with Crippen molar-refractivity contribution in [2.24, 2.45) is 5.92 Å². The number of benzene rings is 1. The standard InChI is InChI=1S/C16H20N2O2S2/c1-12(9-14-6-4-8-21-14)11-17-16(19)18-13-5-3-7-15(10-13)22(2)20/h3-8,10,12H,9,11H2,1-2H3,(H2,17,18,19)/t12-,22+/m0/s1. The van der Waals surface area contributed by atoms with Gasteiger partial charge in [0.1, 0.15) is 0 Å². The van der Waals surface area contributed by atoms with Crippen molar-refractivity contribution in [1.29, 1.82) is 0 Å². The van der Waals surface area contributed by atoms with Crippen LogP contribution in [0.2, 0.25) is 0 Å². The Morgan fingerprint density at radius 1 is 1.32 bits per heavy atom. The van der Waals surface area contributed by atoms with Gasteiger partial charge < -0.3 is 10.6 Å². The van der Waals surface area contributed by atoms with Gasteiger partial charge in [0.2, 0.25) is 0 Å². The number of hydrogen-bond acceptors (Lipinski definition) is 3. The fraction of sp³-hybridized carbons (Fsp3) is 0.312. The van der Waals surface area contributed by atoms with Crippen molar-refractivity contribution < 1.29 is 9.00 Å². The molecule has 0 saturated heterocycles. The van der Waals surface area contributed by atoms with Crippen molar-refractivity contribution in [3.05, 3.63) is 46.7 Å². The van der Waals surface area contributed by atoms with Gasteiger partial charge in [-0.2, -0.15) is 0 Å². The minimum absolute atomic E-state index is 0.239. The Morgan fingerprint density at radius 2 is 2.14 bits per heavy atom. The van der Waals surface area contributed by atoms with Crippen molar-refractivity contribution in [1.82, 2.24) is 5.32 Å². The molecule has 2 rings (SSSR count). The van der Waals surface area contributed by atoms with E-state index in [0.29, 0.717) is 23.0 Å². The van der Waals surface area contributed by atoms with E-state index >= 15 is 0 Å². The molecule has 2 atom stereocenters. The molecule has 2 N–H and O–H groups in total. The molecule has 0 aliphatic rings. The third kappa shape index (κ3) is 5.27. The molecule has 0 spiro atoms. The van der Waals surface area contributed by atoms with E-state index in [1.807, 2.05) is 6.07 Å². The highest BCUT2D eigenvalue weighted by Crippen LogP contribution is 2.15. The Labute approximate surface area is 137 Å². The summed E-state index contributed by atoms with van der Waals surface area (Å²) in [7, 11) is -1.05. The lowest BCUT2D eigenvalue weighted by atomic mass is 10.1. The van der Waals surface area contributed by atoms with E-state index in [4.69, 9.17) is 0 Å². The normalized spacial score (nSPS) is 13.4. The number of thiophene rings is 1. The maximum absolute atomic E-state index is 11.9. The fourth-order valence-electron chi connectivity index (χ4n) is 2.04. The van der Waals surface area contributed by atoms with E-state index < -0.39 is 10.8 Å². The van der Waals surface area contributed by atoms with Crippen LogP contribution in [-0.4, -0.2) is 23.0 Å². The number of nitrogens with one attached hydrogen (secondary N) is 2. The lowest BCUT2D eigenvalue weighted by molar-refractivity contribution is 0.250. The minimum atomic E-state index is -1.05. The quantitative estimate of drug-likeness (QED) is 0.848. The number of anilines is 1. The van der Waals surface area contributed by atoms with Crippen LogP contribution < -0.4 is 10.6 Å². The molecule has 4 nitrogen and oxygen atoms in total. The van der Waals surface area contributed by atoms with Crippen molar-refractivity contribution in [2.75, 3.05) is 18.1 Å². The molecule has 0 fully saturated rings. The van der Waals surface area contributed by atoms with Gasteiger partial charge in [-0.3, -0.25) is 4.21 Å². The lowest BCUT2D eigenvalue weighted by Gasteiger charge is -2.13. The van der Waals surface area contributed by atoms with Gasteiger partial charge in [-0.15, -0.1) is 11.3 Å². The van der Waals surface area contributed by atoms with Crippen LogP contribution in [0.15, 0.2) is 46.7 Å². The van der Waals surface area contributed by atoms with Crippen LogP contribution in [0.25, 0.3) is 0 Å². The summed E-state index contributed by atoms with van der Waals surface area (Å²) in [6, 6.07) is 11.0. The average Bonchev–Trinajstić information content (AvgIpc) is 2.98. The summed E-state index contributed by atoms with van der Waals surface area (Å²) in [5.41, 5.74) is 0.649. The number of urea groups is 1. The second kappa shape index (κ2) is 8.10. The lowest BCUT2D eigenvalue weighted by Crippen LogP contribution is -2.32. The second-order valence-electron chi connectivity index (χ2n) is 5.21. The van der Waals surface area contributed by atoms with Crippen LogP contribution in [-0.2, 0) is 17.2 Å². The van der Waals surface area contributed by atoms with E-state index in [1.54, 1.807) is 41.9 Å². The summed E-state index contributed by atoms with van der Waals surface area (Å²) in [5, 5.41) is 7.70. The van der Waals surface area contributed by atoms with Gasteiger partial charge >= 0.3 is 6.03 Å². The summed E-state index contributed by atoms with van der Waals surface area (Å²) in [6.07, 6.45) is 2.58. The number of amides is 2. The van der Waals surface area contributed by atoms with E-state index in [9.17, 15) is 9.00 Å². The number of carbonyl (C=O) groups excluding carboxylic acids is 1. The summed E-state index contributed by atoms with van der Waals surface area (Å²) >= 11 is 1.74. The highest BCUT2D eigenvalue weighted by molar-refractivity contribution is 7.84. The molecule has 0 radical (unpaired) electrons. The van der Waals surface area contributed by atoms with Crippen molar-refractivity contribution in [3.63, 3.8) is 0 Å². The molecule has 0 unspecified atom stereocenters. The SMILES string of the molecule is C[C@H](CNC(=O)Nc1cccc([S@@](C)=O)c1)Cc1cccs1. The van der Waals surface area contributed by atoms with Gasteiger partial charge in [0.25, 0.3) is 0 Å². The van der Waals surface area contributed by atoms with Gasteiger partial charge in [0.15, 0.2) is 0 Å². The van der Waals surface area contributed by atoms with Crippen molar-refractivity contribution in [3.8, 4) is 0 Å². The molecule has 1 aromatic heterocycles. The maximum Gasteiger partial charge on any atom is 0.319 e. The first kappa shape index (κ1) is 16.7. The monoisotopic (exact) mass is 336 g/mol. The topological polar surface area (TPSA) is 58.2 Å². The highest BCUT2D eigenvalue weighted by Gasteiger charge is 2.08. The summed E-state index contributed by atoms with van der Waals surface area (Å²) in [5.74, 6) is 0.374. The molecule has 6 heteroatoms. The van der Waals surface area contributed by atoms with Gasteiger partial charge in [-0.05, 0) is 42.0 Å². The molecule has 0 aliphatic heterocycles. The summed E-state index contributed by atoms with van der Waals surface area (Å²) in [6.45, 7) is 2.73. The van der Waals surface area contributed by atoms with Crippen LogP contribution in [0, 0.1) is 5.92 Å². The third-order valence-electron chi connectivity index (χ3n) is 3.16. The second-order valence-corrected chi connectivity index (χ2v) is 7.62. The van der Waals surface area contributed by atoms with Crippen LogP contribution in [0.3, 0.4) is 0 Å². The summed E-state index contributed by atoms with van der Waals surface area (Å²) < 4.78 is 11.4. The number of carbonyl (C=O) groups is 1. The van der Waals surface area contributed by atoms with Crippen LogP contribution in [0.1, 0.15) is 11.8 Å². The Kier molecular flexibility index (Phi) is 6.15. The van der Waals surface area contributed by atoms with Gasteiger partial charge in [0, 0.05) is 39.1 Å². The molecule has 0 saturated carbocycles. The molecule has 2 aromatic rings. The largest absolute Gasteiger partial charge is 0.338 e. The zero-order valence-electron chi connectivity index (χ0n) is 12.7. The molecule has 1 aromatic carbocycles. The van der Waals surface area contributed by atoms with Crippen molar-refractivity contribution in [2.45, 2.75) is 18.2 Å². The number of hydrogen-bond donors (Lipinski definition) is 2. The van der Waals surface area contributed by atoms with Gasteiger partial charge in [-0.1, -0.05) is 19.1 Å². The molecule has 0 bridgehead atoms. The fourth-order valence-corrected chi connectivity index (χ4v) is 3.47. The molecule has 22 heavy (non-hydrogen) atoms. The van der Waals surface area contributed by atoms with E-state index in [2.05, 4.69) is 29.0 Å². The van der Waals surface area contributed by atoms with Crippen LogP contribution in [0.4, 0.5) is 10.5 Å². The average molecular weight is 336 g/mol. The zero-order valence-corrected chi connectivity index (χ0v) is 14.3. The molecule has 118 valence electrons. The predicted molar refractivity (Wildman–Crippen MR) is 93.0 cm³/mol. The first-order valence-electron chi connectivity index (χ1n) is 7.05. The van der Waals surface area contributed by atoms with Gasteiger partial charge in [0.05, 0.1) is 0 Å². The maximum atomic E-state index is 11.9. The van der Waals surface area contributed by atoms with E-state index in [0.717, 1.165) is 6.42 Å². The molecular formula is C16H20N2O2S2. The molecule has 2 amide bonds. The highest BCUT2D eigenvalue weighted by atomic mass is 32.2. The molecule has 1 heterocycles. The number of rotatable bonds is 6. The summed E-state index contributed by atoms with van der Waals surface area (Å²) in [4.78, 5) is 13.9. The Morgan fingerprint density at radius 3 is 2.82 bits per heavy atom. The third-order valence-corrected chi connectivity index (χ3v) is 4.98. The van der Waals surface area contributed by atoms with E-state index in [-0.39, 0.29) is 6.03 Å². The van der Waals surface area contributed by atoms with Crippen molar-refractivity contribution >= 4 is 33.9 Å². The van der Waals surface area contributed by atoms with Crippen LogP contribution >= 0.6 is 11.3 Å². The first-order valence-corrected chi connectivity index (χ1v) is 9.49. The Bertz CT molecular complexity index is 641. The predicted octanol–water partition coefficient (Wildman–Crippen LogP) is 3.49. The minimum Gasteiger partial charge on any atom is -0.338 e. The van der Waals surface area contributed by atoms with Crippen LogP contribution in [0.5, 0.6) is 0 Å².